The van der Waals surface area contributed by atoms with Crippen LogP contribution >= 0.6 is 34.4 Å². The molecule has 0 spiro atoms. The van der Waals surface area contributed by atoms with Gasteiger partial charge in [0, 0.05) is 34.9 Å². The van der Waals surface area contributed by atoms with Crippen molar-refractivity contribution in [2.75, 3.05) is 57.7 Å². The van der Waals surface area contributed by atoms with E-state index < -0.39 is 35.1 Å². The van der Waals surface area contributed by atoms with Crippen molar-refractivity contribution in [3.8, 4) is 0 Å². The summed E-state index contributed by atoms with van der Waals surface area (Å²) in [4.78, 5) is 70.9. The van der Waals surface area contributed by atoms with Gasteiger partial charge in [0.25, 0.3) is 17.7 Å². The fourth-order valence-corrected chi connectivity index (χ4v) is 7.89. The van der Waals surface area contributed by atoms with E-state index in [1.807, 2.05) is 0 Å². The van der Waals surface area contributed by atoms with Crippen molar-refractivity contribution in [2.45, 2.75) is 24.3 Å². The van der Waals surface area contributed by atoms with E-state index in [-0.39, 0.29) is 38.8 Å². The number of fused-ring (bicyclic) bond motifs is 1. The number of thioether (sulfide) groups is 1. The second kappa shape index (κ2) is 12.9. The maximum Gasteiger partial charge on any atom is 0.352 e. The van der Waals surface area contributed by atoms with Crippen LogP contribution in [0.2, 0.25) is 0 Å². The van der Waals surface area contributed by atoms with Crippen LogP contribution in [0.1, 0.15) is 24.2 Å². The molecule has 16 nitrogen and oxygen atoms in total. The maximum atomic E-state index is 13.3. The van der Waals surface area contributed by atoms with Gasteiger partial charge in [-0.3, -0.25) is 24.6 Å². The Hall–Kier alpha value is -4.07. The van der Waals surface area contributed by atoms with Crippen molar-refractivity contribution < 1.29 is 38.4 Å². The molecule has 0 aliphatic carbocycles. The fraction of sp³-hybridized carbons (Fsp3) is 0.440. The van der Waals surface area contributed by atoms with Gasteiger partial charge in [-0.15, -0.1) is 34.4 Å². The van der Waals surface area contributed by atoms with E-state index >= 15 is 0 Å². The molecule has 234 valence electrons. The van der Waals surface area contributed by atoms with Crippen molar-refractivity contribution in [3.05, 3.63) is 33.4 Å². The fourth-order valence-electron chi connectivity index (χ4n) is 5.32. The largest absolute Gasteiger partial charge is 0.477 e. The third-order valence-corrected chi connectivity index (χ3v) is 10.1. The van der Waals surface area contributed by atoms with Gasteiger partial charge in [-0.05, 0) is 0 Å². The minimum absolute atomic E-state index is 0.00196. The van der Waals surface area contributed by atoms with E-state index in [0.717, 1.165) is 58.7 Å². The Morgan fingerprint density at radius 2 is 1.73 bits per heavy atom. The van der Waals surface area contributed by atoms with E-state index in [1.165, 1.54) is 36.3 Å². The molecule has 3 amide bonds. The number of quaternary nitrogens is 1. The lowest BCUT2D eigenvalue weighted by molar-refractivity contribution is -0.893. The zero-order chi connectivity index (χ0) is 31.6. The lowest BCUT2D eigenvalue weighted by Crippen LogP contribution is -2.71. The van der Waals surface area contributed by atoms with Crippen molar-refractivity contribution >= 4 is 79.8 Å². The molecule has 2 aromatic heterocycles. The van der Waals surface area contributed by atoms with Crippen molar-refractivity contribution in [3.63, 3.8) is 0 Å². The second-order valence-electron chi connectivity index (χ2n) is 10.4. The Kier molecular flexibility index (Phi) is 9.18. The van der Waals surface area contributed by atoms with Gasteiger partial charge in [0.1, 0.15) is 49.3 Å². The zero-order valence-electron chi connectivity index (χ0n) is 23.9. The third kappa shape index (κ3) is 6.26. The summed E-state index contributed by atoms with van der Waals surface area (Å²) < 4.78 is 0.743. The number of rotatable bonds is 11. The molecule has 5 rings (SSSR count). The predicted octanol–water partition coefficient (Wildman–Crippen LogP) is 0.501. The normalized spacial score (nSPS) is 21.4. The minimum Gasteiger partial charge on any atom is -0.477 e. The molecule has 0 saturated carbocycles. The number of likely N-dealkylation sites (N-methyl/N-ethyl adjacent to an activating group) is 1. The molecule has 5 heterocycles. The molecule has 0 bridgehead atoms. The van der Waals surface area contributed by atoms with Gasteiger partial charge in [-0.25, -0.2) is 14.8 Å². The molecule has 44 heavy (non-hydrogen) atoms. The van der Waals surface area contributed by atoms with Crippen LogP contribution < -0.4 is 16.4 Å². The highest BCUT2D eigenvalue weighted by Crippen LogP contribution is 2.41. The molecular formula is C25H30N9O7S3+. The lowest BCUT2D eigenvalue weighted by Gasteiger charge is -2.49. The summed E-state index contributed by atoms with van der Waals surface area (Å²) >= 11 is 3.55. The lowest BCUT2D eigenvalue weighted by atomic mass is 10.0. The van der Waals surface area contributed by atoms with Crippen LogP contribution in [-0.4, -0.2) is 118 Å². The quantitative estimate of drug-likeness (QED) is 0.112. The number of nitrogens with one attached hydrogen (secondary N) is 2. The van der Waals surface area contributed by atoms with Crippen molar-refractivity contribution in [1.82, 2.24) is 20.2 Å². The number of carboxylic acid groups (broad SMARTS) is 1. The summed E-state index contributed by atoms with van der Waals surface area (Å²) in [5.41, 5.74) is 6.30. The number of anilines is 2. The first kappa shape index (κ1) is 31.4. The van der Waals surface area contributed by atoms with Crippen molar-refractivity contribution in [2.24, 2.45) is 10.3 Å². The van der Waals surface area contributed by atoms with Gasteiger partial charge in [0.15, 0.2) is 21.7 Å². The second-order valence-corrected chi connectivity index (χ2v) is 13.2. The van der Waals surface area contributed by atoms with Gasteiger partial charge in [-0.2, -0.15) is 0 Å². The topological polar surface area (TPSA) is 211 Å². The first-order valence-corrected chi connectivity index (χ1v) is 16.1. The molecule has 2 fully saturated rings. The molecule has 19 heteroatoms. The Bertz CT molecular complexity index is 1580. The van der Waals surface area contributed by atoms with Crippen LogP contribution in [0.15, 0.2) is 32.3 Å². The number of aromatic nitrogens is 2. The highest BCUT2D eigenvalue weighted by atomic mass is 32.2. The SMILES string of the molecule is CO/N=C(\C(=O)Nc1nc(/C(=N/OC)C(=O)NC2C(=O)N3C(C(=O)O)=C(C[N+]4(C)CCCC4)CSC23)cs1)c1csc(N)n1. The van der Waals surface area contributed by atoms with E-state index in [0.29, 0.717) is 12.3 Å². The molecule has 2 saturated heterocycles. The summed E-state index contributed by atoms with van der Waals surface area (Å²) in [6, 6.07) is -0.974. The Balaban J connectivity index is 1.28. The summed E-state index contributed by atoms with van der Waals surface area (Å²) in [6.45, 7) is 2.49. The number of nitrogen functional groups attached to an aromatic ring is 1. The van der Waals surface area contributed by atoms with Gasteiger partial charge >= 0.3 is 5.97 Å². The first-order valence-electron chi connectivity index (χ1n) is 13.3. The molecule has 0 radical (unpaired) electrons. The molecule has 3 aliphatic heterocycles. The number of aliphatic carboxylic acids is 1. The Labute approximate surface area is 263 Å². The Morgan fingerprint density at radius 1 is 1.09 bits per heavy atom. The number of carboxylic acids is 1. The number of thiazole rings is 2. The van der Waals surface area contributed by atoms with Crippen LogP contribution in [0.25, 0.3) is 0 Å². The van der Waals surface area contributed by atoms with E-state index in [9.17, 15) is 24.3 Å². The van der Waals surface area contributed by atoms with Crippen LogP contribution in [0.3, 0.4) is 0 Å². The molecule has 2 aromatic rings. The third-order valence-electron chi connectivity index (χ3n) is 7.28. The van der Waals surface area contributed by atoms with Gasteiger partial charge < -0.3 is 30.3 Å². The van der Waals surface area contributed by atoms with Gasteiger partial charge in [0.05, 0.1) is 20.1 Å². The summed E-state index contributed by atoms with van der Waals surface area (Å²) in [7, 11) is 4.63. The van der Waals surface area contributed by atoms with Crippen LogP contribution in [0.5, 0.6) is 0 Å². The number of carbonyl (C=O) groups excluding carboxylic acids is 3. The monoisotopic (exact) mass is 664 g/mol. The summed E-state index contributed by atoms with van der Waals surface area (Å²) in [5.74, 6) is -2.68. The minimum atomic E-state index is -1.16. The number of nitrogens with zero attached hydrogens (tertiary/aromatic N) is 6. The van der Waals surface area contributed by atoms with E-state index in [1.54, 1.807) is 5.38 Å². The highest BCUT2D eigenvalue weighted by molar-refractivity contribution is 8.00. The first-order chi connectivity index (χ1) is 21.0. The van der Waals surface area contributed by atoms with Crippen LogP contribution in [0.4, 0.5) is 10.3 Å². The molecule has 5 N–H and O–H groups in total. The zero-order valence-corrected chi connectivity index (χ0v) is 26.4. The molecular weight excluding hydrogens is 635 g/mol. The number of oxime groups is 2. The highest BCUT2D eigenvalue weighted by Gasteiger charge is 2.55. The Morgan fingerprint density at radius 3 is 2.34 bits per heavy atom. The van der Waals surface area contributed by atoms with E-state index in [4.69, 9.17) is 15.4 Å². The average Bonchev–Trinajstić information content (AvgIpc) is 3.74. The van der Waals surface area contributed by atoms with Gasteiger partial charge in [0.2, 0.25) is 0 Å². The predicted molar refractivity (Wildman–Crippen MR) is 164 cm³/mol. The molecule has 2 unspecified atom stereocenters. The smallest absolute Gasteiger partial charge is 0.352 e. The van der Waals surface area contributed by atoms with Crippen molar-refractivity contribution in [1.29, 1.82) is 0 Å². The number of likely N-dealkylation sites (tertiary alicyclic amines) is 1. The number of hydrogen-bond donors (Lipinski definition) is 4. The molecule has 2 atom stereocenters. The van der Waals surface area contributed by atoms with Gasteiger partial charge in [-0.1, -0.05) is 10.3 Å². The van der Waals surface area contributed by atoms with Crippen LogP contribution in [0, 0.1) is 0 Å². The number of carbonyl (C=O) groups is 4. The van der Waals surface area contributed by atoms with E-state index in [2.05, 4.69) is 38.0 Å². The molecule has 3 aliphatic rings. The average molecular weight is 665 g/mol. The number of β-lactam (4-membered cyclic amide) rings is 1. The maximum absolute atomic E-state index is 13.3. The summed E-state index contributed by atoms with van der Waals surface area (Å²) in [5, 5.41) is 25.6. The standard InChI is InChI=1S/C25H29N9O7S3/c1-34(6-4-5-7-34)8-12-9-42-22-17(21(37)33(22)18(12)23(38)39)29-19(35)16(32-41-3)14-11-44-25(28-14)30-20(36)15(31-40-2)13-10-43-24(26)27-13/h10-11,17,22H,4-9H2,1-3H3,(H4-,26,27,28,29,30,35,36,38,39)/p+1/b31-15-,32-16-. The number of hydrogen-bond acceptors (Lipinski definition) is 14. The number of nitrogens with two attached hydrogens (primary N) is 1. The summed E-state index contributed by atoms with van der Waals surface area (Å²) in [6.07, 6.45) is 2.17. The number of amides is 3. The van der Waals surface area contributed by atoms with Crippen LogP contribution in [-0.2, 0) is 28.9 Å². The molecule has 0 aromatic carbocycles.